The zero-order valence-electron chi connectivity index (χ0n) is 11.6. The maximum absolute atomic E-state index is 10.4. The van der Waals surface area contributed by atoms with Gasteiger partial charge in [-0.25, -0.2) is 0 Å². The first kappa shape index (κ1) is 17.0. The molecule has 0 aliphatic heterocycles. The minimum absolute atomic E-state index is 0. The van der Waals surface area contributed by atoms with Gasteiger partial charge in [-0.2, -0.15) is 0 Å². The molecule has 0 amide bonds. The van der Waals surface area contributed by atoms with Crippen molar-refractivity contribution in [1.29, 1.82) is 0 Å². The summed E-state index contributed by atoms with van der Waals surface area (Å²) in [5, 5.41) is 10.4. The second-order valence-corrected chi connectivity index (χ2v) is 6.71. The molecule has 1 aromatic carbocycles. The van der Waals surface area contributed by atoms with E-state index in [4.69, 9.17) is 0 Å². The van der Waals surface area contributed by atoms with Crippen LogP contribution in [-0.4, -0.2) is 34.7 Å². The Balaban J connectivity index is 0.00000256. The monoisotopic (exact) mass is 244 g/mol. The van der Waals surface area contributed by atoms with Gasteiger partial charge < -0.3 is 5.11 Å². The van der Waals surface area contributed by atoms with E-state index in [2.05, 4.69) is 60.6 Å². The van der Waals surface area contributed by atoms with Crippen LogP contribution in [-0.2, 0) is 10.8 Å². The van der Waals surface area contributed by atoms with Crippen molar-refractivity contribution in [3.8, 4) is 5.75 Å². The molecule has 0 heterocycles. The fourth-order valence-electron chi connectivity index (χ4n) is 1.92. The van der Waals surface area contributed by atoms with Crippen LogP contribution in [0.4, 0.5) is 0 Å². The Morgan fingerprint density at radius 2 is 1.12 bits per heavy atom. The van der Waals surface area contributed by atoms with Gasteiger partial charge in [0, 0.05) is 0 Å². The number of hydrogen-bond donors (Lipinski definition) is 1. The average Bonchev–Trinajstić information content (AvgIpc) is 2.04. The van der Waals surface area contributed by atoms with E-state index in [0.717, 1.165) is 11.1 Å². The molecule has 0 aliphatic carbocycles. The van der Waals surface area contributed by atoms with Crippen molar-refractivity contribution < 1.29 is 5.11 Å². The Kier molecular flexibility index (Phi) is 5.34. The van der Waals surface area contributed by atoms with Crippen molar-refractivity contribution in [1.82, 2.24) is 0 Å². The third-order valence-corrected chi connectivity index (χ3v) is 2.87. The van der Waals surface area contributed by atoms with E-state index in [9.17, 15) is 5.11 Å². The predicted octanol–water partition coefficient (Wildman–Crippen LogP) is 3.65. The molecular weight excluding hydrogens is 219 g/mol. The van der Waals surface area contributed by atoms with Crippen LogP contribution in [0.1, 0.15) is 58.2 Å². The molecule has 0 radical (unpaired) electrons. The molecule has 2 heteroatoms. The molecule has 0 saturated carbocycles. The molecule has 1 nitrogen and oxygen atoms in total. The molecule has 0 bridgehead atoms. The van der Waals surface area contributed by atoms with E-state index in [0.29, 0.717) is 5.75 Å². The third-order valence-electron chi connectivity index (χ3n) is 2.87. The number of hydrogen-bond acceptors (Lipinski definition) is 1. The molecule has 0 aliphatic rings. The quantitative estimate of drug-likeness (QED) is 0.691. The van der Waals surface area contributed by atoms with Crippen LogP contribution in [0.2, 0.25) is 0 Å². The van der Waals surface area contributed by atoms with Crippen LogP contribution < -0.4 is 0 Å². The van der Waals surface area contributed by atoms with Gasteiger partial charge in [-0.05, 0) is 28.9 Å². The molecule has 0 saturated heterocycles. The molecule has 1 rings (SSSR count). The van der Waals surface area contributed by atoms with Gasteiger partial charge in [0.2, 0.25) is 0 Å². The average molecular weight is 244 g/mol. The summed E-state index contributed by atoms with van der Waals surface area (Å²) >= 11 is 0. The first-order chi connectivity index (χ1) is 7.03. The van der Waals surface area contributed by atoms with Crippen molar-refractivity contribution >= 4 is 29.6 Å². The van der Waals surface area contributed by atoms with E-state index < -0.39 is 0 Å². The van der Waals surface area contributed by atoms with E-state index in [1.807, 2.05) is 0 Å². The van der Waals surface area contributed by atoms with Gasteiger partial charge in [0.25, 0.3) is 0 Å². The van der Waals surface area contributed by atoms with Gasteiger partial charge in [0.15, 0.2) is 0 Å². The van der Waals surface area contributed by atoms with Crippen molar-refractivity contribution in [2.75, 3.05) is 0 Å². The van der Waals surface area contributed by atoms with Gasteiger partial charge in [0.05, 0.1) is 0 Å². The maximum atomic E-state index is 10.4. The number of aromatic hydroxyl groups is 1. The summed E-state index contributed by atoms with van der Waals surface area (Å²) in [7, 11) is 0. The zero-order valence-corrected chi connectivity index (χ0v) is 11.6. The van der Waals surface area contributed by atoms with Crippen LogP contribution in [0.25, 0.3) is 0 Å². The van der Waals surface area contributed by atoms with Crippen molar-refractivity contribution in [2.45, 2.75) is 59.3 Å². The second kappa shape index (κ2) is 5.34. The second-order valence-electron chi connectivity index (χ2n) is 6.71. The van der Waals surface area contributed by atoms with Crippen molar-refractivity contribution in [2.24, 2.45) is 0 Å². The summed E-state index contributed by atoms with van der Waals surface area (Å²) in [6, 6.07) is 4.18. The SMILES string of the molecule is Cc1cc(C(C)(C)C)c(O)c(C(C)(C)C)c1.[NaH]. The van der Waals surface area contributed by atoms with Gasteiger partial charge >= 0.3 is 29.6 Å². The summed E-state index contributed by atoms with van der Waals surface area (Å²) in [5.74, 6) is 0.464. The van der Waals surface area contributed by atoms with Crippen LogP contribution >= 0.6 is 0 Å². The fraction of sp³-hybridized carbons (Fsp3) is 0.600. The molecule has 0 fully saturated rings. The molecule has 0 spiro atoms. The standard InChI is InChI=1S/C15H24O.Na.H/c1-10-8-11(14(2,3)4)13(16)12(9-10)15(5,6)7;;/h8-9,16H,1-7H3;;. The van der Waals surface area contributed by atoms with Crippen LogP contribution in [0, 0.1) is 6.92 Å². The molecule has 92 valence electrons. The van der Waals surface area contributed by atoms with E-state index >= 15 is 0 Å². The molecule has 0 atom stereocenters. The number of aryl methyl sites for hydroxylation is 1. The molecular formula is C15H25NaO. The van der Waals surface area contributed by atoms with Gasteiger partial charge in [-0.15, -0.1) is 0 Å². The summed E-state index contributed by atoms with van der Waals surface area (Å²) in [5.41, 5.74) is 3.26. The van der Waals surface area contributed by atoms with E-state index in [1.54, 1.807) is 0 Å². The topological polar surface area (TPSA) is 20.2 Å². The van der Waals surface area contributed by atoms with Crippen LogP contribution in [0.15, 0.2) is 12.1 Å². The Morgan fingerprint density at radius 1 is 0.824 bits per heavy atom. The van der Waals surface area contributed by atoms with E-state index in [1.165, 1.54) is 5.56 Å². The van der Waals surface area contributed by atoms with Crippen molar-refractivity contribution in [3.05, 3.63) is 28.8 Å². The van der Waals surface area contributed by atoms with Gasteiger partial charge in [0.1, 0.15) is 5.75 Å². The Morgan fingerprint density at radius 3 is 1.35 bits per heavy atom. The first-order valence-electron chi connectivity index (χ1n) is 5.88. The number of phenolic OH excluding ortho intramolecular Hbond substituents is 1. The normalized spacial score (nSPS) is 12.2. The molecule has 1 N–H and O–H groups in total. The molecule has 1 aromatic rings. The molecule has 17 heavy (non-hydrogen) atoms. The Hall–Kier alpha value is 0.0200. The molecule has 0 aromatic heterocycles. The molecule has 0 unspecified atom stereocenters. The predicted molar refractivity (Wildman–Crippen MR) is 77.4 cm³/mol. The van der Waals surface area contributed by atoms with Crippen LogP contribution in [0.5, 0.6) is 5.75 Å². The van der Waals surface area contributed by atoms with Gasteiger partial charge in [-0.1, -0.05) is 59.2 Å². The Bertz CT molecular complexity index is 359. The summed E-state index contributed by atoms with van der Waals surface area (Å²) < 4.78 is 0. The van der Waals surface area contributed by atoms with Crippen LogP contribution in [0.3, 0.4) is 0 Å². The fourth-order valence-corrected chi connectivity index (χ4v) is 1.92. The third kappa shape index (κ3) is 4.01. The number of rotatable bonds is 0. The first-order valence-corrected chi connectivity index (χ1v) is 5.88. The summed E-state index contributed by atoms with van der Waals surface area (Å²) in [6.07, 6.45) is 0. The number of benzene rings is 1. The van der Waals surface area contributed by atoms with E-state index in [-0.39, 0.29) is 40.4 Å². The van der Waals surface area contributed by atoms with Gasteiger partial charge in [-0.3, -0.25) is 0 Å². The van der Waals surface area contributed by atoms with Crippen molar-refractivity contribution in [3.63, 3.8) is 0 Å². The summed E-state index contributed by atoms with van der Waals surface area (Å²) in [6.45, 7) is 14.9. The minimum atomic E-state index is -0.0178. The zero-order chi connectivity index (χ0) is 12.7. The Labute approximate surface area is 128 Å². The number of phenols is 1. The summed E-state index contributed by atoms with van der Waals surface area (Å²) in [4.78, 5) is 0.